The lowest BCUT2D eigenvalue weighted by molar-refractivity contribution is -0.137. The Labute approximate surface area is 150 Å². The van der Waals surface area contributed by atoms with Gasteiger partial charge in [0.2, 0.25) is 0 Å². The number of hydrogen-bond donors (Lipinski definition) is 1. The second-order valence-electron chi connectivity index (χ2n) is 5.84. The predicted octanol–water partition coefficient (Wildman–Crippen LogP) is 1.99. The molecular formula is C19H20N2O3S. The smallest absolute Gasteiger partial charge is 0.277 e. The van der Waals surface area contributed by atoms with Gasteiger partial charge < -0.3 is 10.0 Å². The van der Waals surface area contributed by atoms with E-state index in [0.717, 1.165) is 10.4 Å². The van der Waals surface area contributed by atoms with E-state index < -0.39 is 0 Å². The lowest BCUT2D eigenvalue weighted by Crippen LogP contribution is -2.36. The monoisotopic (exact) mass is 356 g/mol. The van der Waals surface area contributed by atoms with Crippen LogP contribution in [-0.2, 0) is 16.0 Å². The summed E-state index contributed by atoms with van der Waals surface area (Å²) >= 11 is 1.43. The molecular weight excluding hydrogens is 336 g/mol. The fourth-order valence-electron chi connectivity index (χ4n) is 2.91. The summed E-state index contributed by atoms with van der Waals surface area (Å²) in [4.78, 5) is 29.6. The molecule has 0 spiro atoms. The highest BCUT2D eigenvalue weighted by Gasteiger charge is 2.40. The summed E-state index contributed by atoms with van der Waals surface area (Å²) in [6.07, 6.45) is 0.618. The highest BCUT2D eigenvalue weighted by Crippen LogP contribution is 2.33. The van der Waals surface area contributed by atoms with Crippen LogP contribution >= 0.6 is 11.3 Å². The summed E-state index contributed by atoms with van der Waals surface area (Å²) in [6, 6.07) is 13.5. The van der Waals surface area contributed by atoms with Gasteiger partial charge in [-0.15, -0.1) is 11.3 Å². The molecule has 0 fully saturated rings. The highest BCUT2D eigenvalue weighted by molar-refractivity contribution is 7.11. The molecule has 0 saturated carbocycles. The van der Waals surface area contributed by atoms with Crippen LogP contribution in [0.5, 0.6) is 0 Å². The topological polar surface area (TPSA) is 60.9 Å². The van der Waals surface area contributed by atoms with Gasteiger partial charge in [0.15, 0.2) is 0 Å². The quantitative estimate of drug-likeness (QED) is 0.771. The van der Waals surface area contributed by atoms with Crippen molar-refractivity contribution >= 4 is 28.7 Å². The minimum Gasteiger partial charge on any atom is -0.395 e. The van der Waals surface area contributed by atoms with Crippen molar-refractivity contribution in [2.45, 2.75) is 6.42 Å². The first kappa shape index (κ1) is 17.4. The molecule has 1 aliphatic rings. The van der Waals surface area contributed by atoms with Crippen LogP contribution in [0.2, 0.25) is 0 Å². The highest BCUT2D eigenvalue weighted by atomic mass is 32.1. The van der Waals surface area contributed by atoms with Crippen molar-refractivity contribution in [1.29, 1.82) is 0 Å². The van der Waals surface area contributed by atoms with Crippen molar-refractivity contribution in [3.63, 3.8) is 0 Å². The molecule has 0 unspecified atom stereocenters. The van der Waals surface area contributed by atoms with Gasteiger partial charge >= 0.3 is 0 Å². The van der Waals surface area contributed by atoms with E-state index in [2.05, 4.69) is 0 Å². The van der Waals surface area contributed by atoms with Gasteiger partial charge in [-0.3, -0.25) is 14.5 Å². The molecule has 0 radical (unpaired) electrons. The number of thiophene rings is 1. The number of aliphatic hydroxyl groups is 1. The van der Waals surface area contributed by atoms with Crippen molar-refractivity contribution < 1.29 is 14.7 Å². The van der Waals surface area contributed by atoms with Crippen LogP contribution in [0.4, 0.5) is 0 Å². The Hall–Kier alpha value is -2.44. The number of nitrogens with zero attached hydrogens (tertiary/aromatic N) is 2. The fraction of sp³-hybridized carbons (Fsp3) is 0.263. The average Bonchev–Trinajstić information content (AvgIpc) is 3.21. The number of benzene rings is 1. The third kappa shape index (κ3) is 3.50. The van der Waals surface area contributed by atoms with Gasteiger partial charge in [0, 0.05) is 25.0 Å². The largest absolute Gasteiger partial charge is 0.395 e. The van der Waals surface area contributed by atoms with Gasteiger partial charge in [-0.25, -0.2) is 0 Å². The first-order chi connectivity index (χ1) is 12.1. The van der Waals surface area contributed by atoms with E-state index in [4.69, 9.17) is 0 Å². The zero-order valence-electron chi connectivity index (χ0n) is 14.0. The maximum absolute atomic E-state index is 12.9. The first-order valence-electron chi connectivity index (χ1n) is 8.13. The lowest BCUT2D eigenvalue weighted by Gasteiger charge is -2.20. The standard InChI is InChI=1S/C19H20N2O3S/c1-20(11-12-22)17-16(15-8-5-13-25-15)18(23)21(19(17)24)10-9-14-6-3-2-4-7-14/h2-8,13,22H,9-12H2,1H3. The Morgan fingerprint density at radius 2 is 1.84 bits per heavy atom. The number of carbonyl (C=O) groups excluding carboxylic acids is 2. The van der Waals surface area contributed by atoms with E-state index in [9.17, 15) is 14.7 Å². The van der Waals surface area contributed by atoms with Crippen LogP contribution in [0.15, 0.2) is 53.5 Å². The molecule has 25 heavy (non-hydrogen) atoms. The van der Waals surface area contributed by atoms with E-state index in [1.165, 1.54) is 16.2 Å². The maximum atomic E-state index is 12.9. The van der Waals surface area contributed by atoms with E-state index in [1.54, 1.807) is 11.9 Å². The second-order valence-corrected chi connectivity index (χ2v) is 6.79. The Bertz CT molecular complexity index is 784. The molecule has 0 bridgehead atoms. The average molecular weight is 356 g/mol. The predicted molar refractivity (Wildman–Crippen MR) is 97.8 cm³/mol. The summed E-state index contributed by atoms with van der Waals surface area (Å²) < 4.78 is 0. The van der Waals surface area contributed by atoms with Crippen molar-refractivity contribution in [1.82, 2.24) is 9.80 Å². The van der Waals surface area contributed by atoms with Gasteiger partial charge in [0.05, 0.1) is 12.2 Å². The number of rotatable bonds is 7. The van der Waals surface area contributed by atoms with Crippen LogP contribution in [0.3, 0.4) is 0 Å². The normalized spacial score (nSPS) is 14.6. The van der Waals surface area contributed by atoms with E-state index in [-0.39, 0.29) is 18.4 Å². The van der Waals surface area contributed by atoms with Crippen molar-refractivity contribution in [2.75, 3.05) is 26.7 Å². The number of carbonyl (C=O) groups is 2. The first-order valence-corrected chi connectivity index (χ1v) is 9.01. The fourth-order valence-corrected chi connectivity index (χ4v) is 3.67. The van der Waals surface area contributed by atoms with Crippen molar-refractivity contribution in [3.8, 4) is 0 Å². The number of amides is 2. The third-order valence-electron chi connectivity index (χ3n) is 4.20. The summed E-state index contributed by atoms with van der Waals surface area (Å²) in [5, 5.41) is 11.1. The molecule has 0 atom stereocenters. The van der Waals surface area contributed by atoms with E-state index in [0.29, 0.717) is 30.8 Å². The molecule has 5 nitrogen and oxygen atoms in total. The summed E-state index contributed by atoms with van der Waals surface area (Å²) in [6.45, 7) is 0.561. The third-order valence-corrected chi connectivity index (χ3v) is 5.08. The molecule has 2 amide bonds. The molecule has 1 aromatic carbocycles. The van der Waals surface area contributed by atoms with Crippen LogP contribution in [0.25, 0.3) is 5.57 Å². The number of hydrogen-bond acceptors (Lipinski definition) is 5. The molecule has 3 rings (SSSR count). The van der Waals surface area contributed by atoms with Crippen molar-refractivity contribution in [2.24, 2.45) is 0 Å². The molecule has 130 valence electrons. The van der Waals surface area contributed by atoms with Crippen LogP contribution in [0.1, 0.15) is 10.4 Å². The molecule has 1 aliphatic heterocycles. The Kier molecular flexibility index (Phi) is 5.31. The van der Waals surface area contributed by atoms with Crippen LogP contribution in [-0.4, -0.2) is 53.5 Å². The Morgan fingerprint density at radius 3 is 2.48 bits per heavy atom. The SMILES string of the molecule is CN(CCO)C1=C(c2cccs2)C(=O)N(CCc2ccccc2)C1=O. The minimum atomic E-state index is -0.291. The molecule has 2 heterocycles. The number of imide groups is 1. The maximum Gasteiger partial charge on any atom is 0.277 e. The van der Waals surface area contributed by atoms with Crippen LogP contribution < -0.4 is 0 Å². The Balaban J connectivity index is 1.87. The second kappa shape index (κ2) is 7.63. The van der Waals surface area contributed by atoms with Gasteiger partial charge in [0.1, 0.15) is 5.70 Å². The Morgan fingerprint density at radius 1 is 1.08 bits per heavy atom. The molecule has 0 aliphatic carbocycles. The number of aliphatic hydroxyl groups excluding tert-OH is 1. The lowest BCUT2D eigenvalue weighted by atomic mass is 10.1. The van der Waals surface area contributed by atoms with Gasteiger partial charge in [-0.05, 0) is 23.4 Å². The molecule has 2 aromatic rings. The van der Waals surface area contributed by atoms with E-state index >= 15 is 0 Å². The summed E-state index contributed by atoms with van der Waals surface area (Å²) in [7, 11) is 1.73. The summed E-state index contributed by atoms with van der Waals surface area (Å²) in [5.41, 5.74) is 1.89. The zero-order chi connectivity index (χ0) is 17.8. The summed E-state index contributed by atoms with van der Waals surface area (Å²) in [5.74, 6) is -0.552. The minimum absolute atomic E-state index is 0.0802. The van der Waals surface area contributed by atoms with Crippen LogP contribution in [0, 0.1) is 0 Å². The number of likely N-dealkylation sites (N-methyl/N-ethyl adjacent to an activating group) is 1. The van der Waals surface area contributed by atoms with Gasteiger partial charge in [-0.1, -0.05) is 36.4 Å². The van der Waals surface area contributed by atoms with Gasteiger partial charge in [0.25, 0.3) is 11.8 Å². The zero-order valence-corrected chi connectivity index (χ0v) is 14.8. The van der Waals surface area contributed by atoms with E-state index in [1.807, 2.05) is 47.8 Å². The van der Waals surface area contributed by atoms with Gasteiger partial charge in [-0.2, -0.15) is 0 Å². The van der Waals surface area contributed by atoms with Crippen molar-refractivity contribution in [3.05, 3.63) is 64.0 Å². The molecule has 1 N–H and O–H groups in total. The molecule has 1 aromatic heterocycles. The molecule has 6 heteroatoms. The molecule has 0 saturated heterocycles.